The fraction of sp³-hybridized carbons (Fsp3) is 0.118. The fourth-order valence-corrected chi connectivity index (χ4v) is 2.53. The molecule has 0 atom stereocenters. The molecule has 83 valence electrons. The highest BCUT2D eigenvalue weighted by atomic mass is 14.1. The highest BCUT2D eigenvalue weighted by molar-refractivity contribution is 6.08. The lowest BCUT2D eigenvalue weighted by Crippen LogP contribution is -1.87. The van der Waals surface area contributed by atoms with Crippen LogP contribution in [0.3, 0.4) is 0 Å². The van der Waals surface area contributed by atoms with E-state index in [2.05, 4.69) is 61.5 Å². The van der Waals surface area contributed by atoms with Crippen molar-refractivity contribution in [2.45, 2.75) is 12.8 Å². The molecule has 0 unspecified atom stereocenters. The molecule has 3 aromatic rings. The van der Waals surface area contributed by atoms with Crippen LogP contribution in [0.15, 0.2) is 54.6 Å². The molecule has 0 saturated carbocycles. The minimum Gasteiger partial charge on any atom is -0.0616 e. The molecule has 0 aliphatic heterocycles. The largest absolute Gasteiger partial charge is 0.0616 e. The van der Waals surface area contributed by atoms with Crippen LogP contribution in [-0.2, 0) is 6.42 Å². The molecule has 0 N–H and O–H groups in total. The zero-order valence-electron chi connectivity index (χ0n) is 9.82. The molecule has 0 aliphatic rings. The summed E-state index contributed by atoms with van der Waals surface area (Å²) >= 11 is 0. The molecule has 1 radical (unpaired) electrons. The van der Waals surface area contributed by atoms with Gasteiger partial charge in [0.1, 0.15) is 0 Å². The average Bonchev–Trinajstić information content (AvgIpc) is 2.39. The van der Waals surface area contributed by atoms with E-state index in [-0.39, 0.29) is 0 Å². The molecule has 0 nitrogen and oxygen atoms in total. The summed E-state index contributed by atoms with van der Waals surface area (Å²) in [6.45, 7) is 3.97. The maximum atomic E-state index is 3.97. The Morgan fingerprint density at radius 1 is 0.765 bits per heavy atom. The lowest BCUT2D eigenvalue weighted by Gasteiger charge is -2.09. The van der Waals surface area contributed by atoms with Gasteiger partial charge in [0.05, 0.1) is 0 Å². The van der Waals surface area contributed by atoms with E-state index in [0.29, 0.717) is 0 Å². The van der Waals surface area contributed by atoms with Crippen LogP contribution in [0.1, 0.15) is 12.0 Å². The standard InChI is InChI=1S/C17H15/c1-2-7-13-12-14-8-3-4-9-16(14)17-11-6-5-10-15(13)17/h3-6,8-12H,1-2,7H2. The molecule has 0 amide bonds. The van der Waals surface area contributed by atoms with Crippen molar-refractivity contribution in [2.24, 2.45) is 0 Å². The summed E-state index contributed by atoms with van der Waals surface area (Å²) < 4.78 is 0. The second kappa shape index (κ2) is 4.21. The van der Waals surface area contributed by atoms with Gasteiger partial charge in [-0.3, -0.25) is 0 Å². The third-order valence-corrected chi connectivity index (χ3v) is 3.30. The minimum atomic E-state index is 0.947. The quantitative estimate of drug-likeness (QED) is 0.545. The first-order chi connectivity index (χ1) is 8.40. The maximum Gasteiger partial charge on any atom is -0.0103 e. The minimum absolute atomic E-state index is 0.947. The Morgan fingerprint density at radius 2 is 1.41 bits per heavy atom. The molecule has 0 fully saturated rings. The van der Waals surface area contributed by atoms with Gasteiger partial charge in [0.25, 0.3) is 0 Å². The van der Waals surface area contributed by atoms with E-state index in [0.717, 1.165) is 12.8 Å². The van der Waals surface area contributed by atoms with E-state index in [9.17, 15) is 0 Å². The summed E-state index contributed by atoms with van der Waals surface area (Å²) in [5, 5.41) is 5.40. The summed E-state index contributed by atoms with van der Waals surface area (Å²) in [7, 11) is 0. The molecule has 0 aliphatic carbocycles. The molecule has 0 bridgehead atoms. The topological polar surface area (TPSA) is 0 Å². The van der Waals surface area contributed by atoms with Crippen molar-refractivity contribution in [3.63, 3.8) is 0 Å². The van der Waals surface area contributed by atoms with Crippen molar-refractivity contribution in [3.05, 3.63) is 67.1 Å². The Kier molecular flexibility index (Phi) is 2.56. The van der Waals surface area contributed by atoms with Gasteiger partial charge in [0.15, 0.2) is 0 Å². The van der Waals surface area contributed by atoms with Crippen LogP contribution < -0.4 is 0 Å². The van der Waals surface area contributed by atoms with E-state index < -0.39 is 0 Å². The van der Waals surface area contributed by atoms with E-state index in [1.807, 2.05) is 0 Å². The average molecular weight is 219 g/mol. The summed E-state index contributed by atoms with van der Waals surface area (Å²) in [5.74, 6) is 0. The first-order valence-corrected chi connectivity index (χ1v) is 6.09. The van der Waals surface area contributed by atoms with Crippen LogP contribution in [0.25, 0.3) is 21.5 Å². The van der Waals surface area contributed by atoms with Crippen molar-refractivity contribution in [1.29, 1.82) is 0 Å². The summed E-state index contributed by atoms with van der Waals surface area (Å²) in [6, 6.07) is 19.6. The number of aryl methyl sites for hydroxylation is 1. The van der Waals surface area contributed by atoms with Crippen molar-refractivity contribution in [1.82, 2.24) is 0 Å². The van der Waals surface area contributed by atoms with Gasteiger partial charge in [0, 0.05) is 0 Å². The Balaban J connectivity index is 2.45. The van der Waals surface area contributed by atoms with Gasteiger partial charge in [0.2, 0.25) is 0 Å². The molecular weight excluding hydrogens is 204 g/mol. The van der Waals surface area contributed by atoms with Gasteiger partial charge < -0.3 is 0 Å². The second-order valence-corrected chi connectivity index (χ2v) is 4.41. The number of fused-ring (bicyclic) bond motifs is 3. The highest BCUT2D eigenvalue weighted by Gasteiger charge is 2.04. The first kappa shape index (κ1) is 10.3. The van der Waals surface area contributed by atoms with Gasteiger partial charge in [-0.2, -0.15) is 0 Å². The molecular formula is C17H15. The third-order valence-electron chi connectivity index (χ3n) is 3.30. The molecule has 0 heterocycles. The van der Waals surface area contributed by atoms with E-state index >= 15 is 0 Å². The van der Waals surface area contributed by atoms with Crippen LogP contribution in [0.5, 0.6) is 0 Å². The van der Waals surface area contributed by atoms with Gasteiger partial charge in [-0.15, -0.1) is 0 Å². The zero-order chi connectivity index (χ0) is 11.7. The molecule has 0 heteroatoms. The number of benzene rings is 3. The zero-order valence-corrected chi connectivity index (χ0v) is 9.82. The lowest BCUT2D eigenvalue weighted by atomic mass is 9.95. The Hall–Kier alpha value is -1.82. The van der Waals surface area contributed by atoms with Gasteiger partial charge in [-0.05, 0) is 39.9 Å². The van der Waals surface area contributed by atoms with E-state index in [1.54, 1.807) is 0 Å². The summed E-state index contributed by atoms with van der Waals surface area (Å²) in [6.07, 6.45) is 1.99. The molecule has 17 heavy (non-hydrogen) atoms. The normalized spacial score (nSPS) is 11.1. The smallest absolute Gasteiger partial charge is 0.0103 e. The Morgan fingerprint density at radius 3 is 2.18 bits per heavy atom. The molecule has 0 spiro atoms. The van der Waals surface area contributed by atoms with Gasteiger partial charge in [-0.25, -0.2) is 0 Å². The number of hydrogen-bond donors (Lipinski definition) is 0. The molecule has 0 aromatic heterocycles. The lowest BCUT2D eigenvalue weighted by molar-refractivity contribution is 1.01. The van der Waals surface area contributed by atoms with E-state index in [4.69, 9.17) is 0 Å². The Labute approximate surface area is 102 Å². The summed E-state index contributed by atoms with van der Waals surface area (Å²) in [5.41, 5.74) is 1.41. The number of hydrogen-bond acceptors (Lipinski definition) is 0. The number of rotatable bonds is 2. The highest BCUT2D eigenvalue weighted by Crippen LogP contribution is 2.29. The van der Waals surface area contributed by atoms with Crippen molar-refractivity contribution >= 4 is 21.5 Å². The van der Waals surface area contributed by atoms with Crippen molar-refractivity contribution < 1.29 is 0 Å². The second-order valence-electron chi connectivity index (χ2n) is 4.41. The third kappa shape index (κ3) is 1.70. The molecule has 0 saturated heterocycles. The van der Waals surface area contributed by atoms with Crippen LogP contribution in [0.4, 0.5) is 0 Å². The molecule has 3 rings (SSSR count). The van der Waals surface area contributed by atoms with Crippen LogP contribution in [0.2, 0.25) is 0 Å². The monoisotopic (exact) mass is 219 g/mol. The SMILES string of the molecule is [CH2]CCc1cc2ccccc2c2ccccc12. The maximum absolute atomic E-state index is 3.97. The predicted molar refractivity (Wildman–Crippen MR) is 75.1 cm³/mol. The first-order valence-electron chi connectivity index (χ1n) is 6.09. The van der Waals surface area contributed by atoms with Crippen molar-refractivity contribution in [2.75, 3.05) is 0 Å². The van der Waals surface area contributed by atoms with Crippen molar-refractivity contribution in [3.8, 4) is 0 Å². The van der Waals surface area contributed by atoms with Crippen LogP contribution in [-0.4, -0.2) is 0 Å². The van der Waals surface area contributed by atoms with Gasteiger partial charge in [-0.1, -0.05) is 61.5 Å². The fourth-order valence-electron chi connectivity index (χ4n) is 2.53. The van der Waals surface area contributed by atoms with Gasteiger partial charge >= 0.3 is 0 Å². The van der Waals surface area contributed by atoms with E-state index in [1.165, 1.54) is 27.1 Å². The predicted octanol–water partition coefficient (Wildman–Crippen LogP) is 4.76. The molecule has 3 aromatic carbocycles. The Bertz CT molecular complexity index is 665. The summed E-state index contributed by atoms with van der Waals surface area (Å²) in [4.78, 5) is 0. The van der Waals surface area contributed by atoms with Crippen LogP contribution in [0, 0.1) is 6.92 Å². The van der Waals surface area contributed by atoms with Crippen LogP contribution >= 0.6 is 0 Å².